The van der Waals surface area contributed by atoms with Crippen LogP contribution < -0.4 is 16.0 Å². The van der Waals surface area contributed by atoms with E-state index in [2.05, 4.69) is 16.0 Å². The average Bonchev–Trinajstić information content (AvgIpc) is 2.69. The number of amides is 2. The molecule has 144 valence electrons. The lowest BCUT2D eigenvalue weighted by Crippen LogP contribution is -2.51. The van der Waals surface area contributed by atoms with Crippen LogP contribution in [-0.2, 0) is 9.53 Å². The van der Waals surface area contributed by atoms with Crippen molar-refractivity contribution in [3.8, 4) is 0 Å². The van der Waals surface area contributed by atoms with Crippen LogP contribution in [0.2, 0.25) is 0 Å². The molecule has 0 aromatic heterocycles. The van der Waals surface area contributed by atoms with Crippen molar-refractivity contribution in [2.75, 3.05) is 30.8 Å². The summed E-state index contributed by atoms with van der Waals surface area (Å²) in [4.78, 5) is 24.9. The molecule has 6 nitrogen and oxygen atoms in total. The Morgan fingerprint density at radius 2 is 1.52 bits per heavy atom. The molecule has 1 heterocycles. The number of para-hydroxylation sites is 1. The summed E-state index contributed by atoms with van der Waals surface area (Å²) in [6.45, 7) is 1.50. The van der Waals surface area contributed by atoms with Crippen molar-refractivity contribution in [3.05, 3.63) is 60.2 Å². The lowest BCUT2D eigenvalue weighted by molar-refractivity contribution is -0.140. The number of anilines is 2. The van der Waals surface area contributed by atoms with Gasteiger partial charge in [0.05, 0.1) is 0 Å². The molecule has 2 aromatic rings. The van der Waals surface area contributed by atoms with Gasteiger partial charge in [-0.2, -0.15) is 0 Å². The maximum atomic E-state index is 12.6. The summed E-state index contributed by atoms with van der Waals surface area (Å²) in [6.07, 6.45) is 1.26. The molecule has 3 N–H and O–H groups in total. The molecule has 2 aromatic carbocycles. The van der Waals surface area contributed by atoms with Crippen LogP contribution in [0, 0.1) is 0 Å². The van der Waals surface area contributed by atoms with Gasteiger partial charge in [-0.3, -0.25) is 9.59 Å². The number of piperidine rings is 1. The molecule has 0 aliphatic carbocycles. The van der Waals surface area contributed by atoms with Crippen molar-refractivity contribution in [1.82, 2.24) is 5.32 Å². The van der Waals surface area contributed by atoms with Crippen molar-refractivity contribution in [2.24, 2.45) is 0 Å². The molecule has 27 heavy (non-hydrogen) atoms. The zero-order chi connectivity index (χ0) is 18.4. The first kappa shape index (κ1) is 20.9. The molecule has 7 heteroatoms. The smallest absolute Gasteiger partial charge is 0.256 e. The molecule has 2 amide bonds. The number of halogens is 1. The summed E-state index contributed by atoms with van der Waals surface area (Å²) in [5, 5.41) is 8.96. The van der Waals surface area contributed by atoms with Crippen LogP contribution in [0.1, 0.15) is 23.2 Å². The summed E-state index contributed by atoms with van der Waals surface area (Å²) in [5.74, 6) is -0.344. The number of methoxy groups -OCH3 is 1. The molecule has 0 radical (unpaired) electrons. The van der Waals surface area contributed by atoms with Crippen molar-refractivity contribution < 1.29 is 14.3 Å². The Balaban J connectivity index is 0.00000261. The molecule has 1 fully saturated rings. The van der Waals surface area contributed by atoms with Crippen LogP contribution in [0.3, 0.4) is 0 Å². The van der Waals surface area contributed by atoms with Crippen LogP contribution in [0.25, 0.3) is 0 Å². The summed E-state index contributed by atoms with van der Waals surface area (Å²) in [5.41, 5.74) is 1.11. The SMILES string of the molecule is COC1(C(=O)Nc2ccc(C(=O)Nc3ccccc3)cc2)CCNCC1.Cl. The van der Waals surface area contributed by atoms with E-state index in [0.29, 0.717) is 24.1 Å². The summed E-state index contributed by atoms with van der Waals surface area (Å²) >= 11 is 0. The number of carbonyl (C=O) groups is 2. The molecule has 3 rings (SSSR count). The number of benzene rings is 2. The third-order valence-electron chi connectivity index (χ3n) is 4.65. The highest BCUT2D eigenvalue weighted by atomic mass is 35.5. The van der Waals surface area contributed by atoms with Gasteiger partial charge in [-0.1, -0.05) is 18.2 Å². The average molecular weight is 390 g/mol. The summed E-state index contributed by atoms with van der Waals surface area (Å²) < 4.78 is 5.52. The molecule has 1 aliphatic rings. The lowest BCUT2D eigenvalue weighted by Gasteiger charge is -2.34. The quantitative estimate of drug-likeness (QED) is 0.734. The van der Waals surface area contributed by atoms with Gasteiger partial charge in [0, 0.05) is 24.0 Å². The second-order valence-corrected chi connectivity index (χ2v) is 6.30. The molecule has 1 aliphatic heterocycles. The summed E-state index contributed by atoms with van der Waals surface area (Å²) in [7, 11) is 1.57. The van der Waals surface area contributed by atoms with Crippen molar-refractivity contribution in [1.29, 1.82) is 0 Å². The second-order valence-electron chi connectivity index (χ2n) is 6.30. The number of rotatable bonds is 5. The number of carbonyl (C=O) groups excluding carboxylic acids is 2. The minimum atomic E-state index is -0.797. The maximum absolute atomic E-state index is 12.6. The topological polar surface area (TPSA) is 79.5 Å². The van der Waals surface area contributed by atoms with Gasteiger partial charge < -0.3 is 20.7 Å². The van der Waals surface area contributed by atoms with Gasteiger partial charge in [-0.15, -0.1) is 12.4 Å². The highest BCUT2D eigenvalue weighted by Gasteiger charge is 2.39. The zero-order valence-electron chi connectivity index (χ0n) is 15.2. The fourth-order valence-electron chi connectivity index (χ4n) is 3.03. The Morgan fingerprint density at radius 3 is 2.11 bits per heavy atom. The Hall–Kier alpha value is -2.41. The first-order valence-electron chi connectivity index (χ1n) is 8.67. The Labute approximate surface area is 165 Å². The van der Waals surface area contributed by atoms with E-state index in [0.717, 1.165) is 18.8 Å². The normalized spacial score (nSPS) is 15.3. The van der Waals surface area contributed by atoms with Crippen LogP contribution >= 0.6 is 12.4 Å². The van der Waals surface area contributed by atoms with E-state index in [-0.39, 0.29) is 24.2 Å². The highest BCUT2D eigenvalue weighted by molar-refractivity contribution is 6.05. The minimum absolute atomic E-state index is 0. The van der Waals surface area contributed by atoms with E-state index in [1.54, 1.807) is 31.4 Å². The first-order chi connectivity index (χ1) is 12.6. The molecular formula is C20H24ClN3O3. The molecule has 0 unspecified atom stereocenters. The number of nitrogens with one attached hydrogen (secondary N) is 3. The van der Waals surface area contributed by atoms with E-state index >= 15 is 0 Å². The maximum Gasteiger partial charge on any atom is 0.256 e. The first-order valence-corrected chi connectivity index (χ1v) is 8.67. The van der Waals surface area contributed by atoms with Crippen LogP contribution in [0.4, 0.5) is 11.4 Å². The lowest BCUT2D eigenvalue weighted by atomic mass is 9.91. The minimum Gasteiger partial charge on any atom is -0.368 e. The predicted octanol–water partition coefficient (Wildman–Crippen LogP) is 3.07. The monoisotopic (exact) mass is 389 g/mol. The van der Waals surface area contributed by atoms with Crippen molar-refractivity contribution in [3.63, 3.8) is 0 Å². The standard InChI is InChI=1S/C20H23N3O3.ClH/c1-26-20(11-13-21-14-12-20)19(25)23-17-9-7-15(8-10-17)18(24)22-16-5-3-2-4-6-16;/h2-10,21H,11-14H2,1H3,(H,22,24)(H,23,25);1H. The predicted molar refractivity (Wildman–Crippen MR) is 109 cm³/mol. The number of ether oxygens (including phenoxy) is 1. The molecule has 1 saturated heterocycles. The largest absolute Gasteiger partial charge is 0.368 e. The highest BCUT2D eigenvalue weighted by Crippen LogP contribution is 2.24. The fraction of sp³-hybridized carbons (Fsp3) is 0.300. The third kappa shape index (κ3) is 5.07. The van der Waals surface area contributed by atoms with Gasteiger partial charge in [0.15, 0.2) is 0 Å². The Morgan fingerprint density at radius 1 is 0.926 bits per heavy atom. The fourth-order valence-corrected chi connectivity index (χ4v) is 3.03. The zero-order valence-corrected chi connectivity index (χ0v) is 16.0. The van der Waals surface area contributed by atoms with Gasteiger partial charge in [-0.05, 0) is 62.3 Å². The number of hydrogen-bond donors (Lipinski definition) is 3. The van der Waals surface area contributed by atoms with E-state index < -0.39 is 5.60 Å². The number of hydrogen-bond acceptors (Lipinski definition) is 4. The van der Waals surface area contributed by atoms with Gasteiger partial charge in [-0.25, -0.2) is 0 Å². The van der Waals surface area contributed by atoms with E-state index in [1.807, 2.05) is 30.3 Å². The van der Waals surface area contributed by atoms with Crippen LogP contribution in [-0.4, -0.2) is 37.6 Å². The van der Waals surface area contributed by atoms with Gasteiger partial charge in [0.1, 0.15) is 5.60 Å². The second kappa shape index (κ2) is 9.50. The molecule has 0 saturated carbocycles. The van der Waals surface area contributed by atoms with Crippen molar-refractivity contribution >= 4 is 35.6 Å². The van der Waals surface area contributed by atoms with E-state index in [9.17, 15) is 9.59 Å². The molecule has 0 spiro atoms. The van der Waals surface area contributed by atoms with Crippen LogP contribution in [0.5, 0.6) is 0 Å². The molecular weight excluding hydrogens is 366 g/mol. The van der Waals surface area contributed by atoms with E-state index in [4.69, 9.17) is 4.74 Å². The third-order valence-corrected chi connectivity index (χ3v) is 4.65. The van der Waals surface area contributed by atoms with Gasteiger partial charge >= 0.3 is 0 Å². The van der Waals surface area contributed by atoms with Crippen molar-refractivity contribution in [2.45, 2.75) is 18.4 Å². The van der Waals surface area contributed by atoms with Gasteiger partial charge in [0.2, 0.25) is 0 Å². The van der Waals surface area contributed by atoms with Gasteiger partial charge in [0.25, 0.3) is 11.8 Å². The summed E-state index contributed by atoms with van der Waals surface area (Å²) in [6, 6.07) is 16.1. The van der Waals surface area contributed by atoms with E-state index in [1.165, 1.54) is 0 Å². The molecule has 0 bridgehead atoms. The Bertz CT molecular complexity index is 760. The molecule has 0 atom stereocenters. The van der Waals surface area contributed by atoms with Crippen LogP contribution in [0.15, 0.2) is 54.6 Å². The Kier molecular flexibility index (Phi) is 7.36.